The number of nitrogens with one attached hydrogen (secondary N) is 2. The Labute approximate surface area is 181 Å². The number of hydrogen-bond acceptors (Lipinski definition) is 6. The molecular formula is C20H21F3N6O3. The quantitative estimate of drug-likeness (QED) is 0.624. The van der Waals surface area contributed by atoms with Gasteiger partial charge in [-0.3, -0.25) is 4.79 Å². The standard InChI is InChI=1S/C20H21F3N6O3/c1-11(30)26-15-8-14-12(9-24-15)10-25-29(14)16-7-5-6-13(27-16)17(20(21,22)23)28-18(31)32-19(2,3)4/h5-10,17H,1-4H3,(H,28,31)(H,24,26,30). The third-order valence-electron chi connectivity index (χ3n) is 4.01. The highest BCUT2D eigenvalue weighted by Gasteiger charge is 2.43. The monoisotopic (exact) mass is 450 g/mol. The molecule has 12 heteroatoms. The first kappa shape index (κ1) is 23.0. The molecule has 3 aromatic heterocycles. The van der Waals surface area contributed by atoms with Gasteiger partial charge in [-0.15, -0.1) is 0 Å². The Bertz CT molecular complexity index is 1150. The molecule has 0 aliphatic rings. The lowest BCUT2D eigenvalue weighted by molar-refractivity contribution is -0.157. The number of alkyl carbamates (subject to hydrolysis) is 1. The maximum atomic E-state index is 13.7. The Morgan fingerprint density at radius 3 is 2.50 bits per heavy atom. The van der Waals surface area contributed by atoms with Crippen LogP contribution in [0.25, 0.3) is 16.7 Å². The maximum absolute atomic E-state index is 13.7. The number of fused-ring (bicyclic) bond motifs is 1. The minimum Gasteiger partial charge on any atom is -0.444 e. The molecular weight excluding hydrogens is 429 g/mol. The van der Waals surface area contributed by atoms with E-state index in [-0.39, 0.29) is 17.5 Å². The number of nitrogens with zero attached hydrogens (tertiary/aromatic N) is 4. The van der Waals surface area contributed by atoms with Gasteiger partial charge in [0.25, 0.3) is 0 Å². The molecule has 32 heavy (non-hydrogen) atoms. The summed E-state index contributed by atoms with van der Waals surface area (Å²) in [6.45, 7) is 5.95. The molecule has 3 heterocycles. The second kappa shape index (κ2) is 8.44. The van der Waals surface area contributed by atoms with Crippen LogP contribution < -0.4 is 10.6 Å². The minimum absolute atomic E-state index is 0.0812. The van der Waals surface area contributed by atoms with E-state index in [9.17, 15) is 22.8 Å². The lowest BCUT2D eigenvalue weighted by Gasteiger charge is -2.25. The van der Waals surface area contributed by atoms with Gasteiger partial charge < -0.3 is 15.4 Å². The van der Waals surface area contributed by atoms with Crippen molar-refractivity contribution in [2.45, 2.75) is 45.5 Å². The molecule has 9 nitrogen and oxygen atoms in total. The molecule has 0 aliphatic heterocycles. The maximum Gasteiger partial charge on any atom is 0.414 e. The van der Waals surface area contributed by atoms with E-state index in [4.69, 9.17) is 4.74 Å². The molecule has 0 saturated carbocycles. The number of pyridine rings is 2. The van der Waals surface area contributed by atoms with E-state index in [2.05, 4.69) is 20.4 Å². The highest BCUT2D eigenvalue weighted by molar-refractivity contribution is 5.90. The fourth-order valence-corrected chi connectivity index (χ4v) is 2.82. The van der Waals surface area contributed by atoms with Gasteiger partial charge in [-0.05, 0) is 32.9 Å². The van der Waals surface area contributed by atoms with Crippen LogP contribution in [0, 0.1) is 0 Å². The first-order chi connectivity index (χ1) is 14.8. The molecule has 0 spiro atoms. The first-order valence-electron chi connectivity index (χ1n) is 9.48. The molecule has 2 amide bonds. The Morgan fingerprint density at radius 1 is 1.16 bits per heavy atom. The summed E-state index contributed by atoms with van der Waals surface area (Å²) < 4.78 is 47.4. The van der Waals surface area contributed by atoms with Gasteiger partial charge >= 0.3 is 12.3 Å². The molecule has 2 N–H and O–H groups in total. The van der Waals surface area contributed by atoms with Crippen LogP contribution >= 0.6 is 0 Å². The molecule has 0 fully saturated rings. The van der Waals surface area contributed by atoms with E-state index in [0.717, 1.165) is 6.07 Å². The van der Waals surface area contributed by atoms with E-state index >= 15 is 0 Å². The van der Waals surface area contributed by atoms with Crippen molar-refractivity contribution in [2.75, 3.05) is 5.32 Å². The van der Waals surface area contributed by atoms with Crippen LogP contribution in [-0.4, -0.2) is 43.5 Å². The van der Waals surface area contributed by atoms with Crippen molar-refractivity contribution >= 4 is 28.7 Å². The third-order valence-corrected chi connectivity index (χ3v) is 4.01. The van der Waals surface area contributed by atoms with Gasteiger partial charge in [-0.25, -0.2) is 19.4 Å². The summed E-state index contributed by atoms with van der Waals surface area (Å²) in [7, 11) is 0. The molecule has 3 rings (SSSR count). The van der Waals surface area contributed by atoms with E-state index in [1.54, 1.807) is 20.8 Å². The van der Waals surface area contributed by atoms with Gasteiger partial charge in [-0.1, -0.05) is 6.07 Å². The van der Waals surface area contributed by atoms with Crippen molar-refractivity contribution in [3.8, 4) is 5.82 Å². The summed E-state index contributed by atoms with van der Waals surface area (Å²) in [6.07, 6.45) is -3.11. The van der Waals surface area contributed by atoms with Crippen LogP contribution in [0.2, 0.25) is 0 Å². The molecule has 170 valence electrons. The Balaban J connectivity index is 1.99. The van der Waals surface area contributed by atoms with Gasteiger partial charge in [0.2, 0.25) is 5.91 Å². The van der Waals surface area contributed by atoms with Crippen LogP contribution in [0.5, 0.6) is 0 Å². The van der Waals surface area contributed by atoms with Crippen LogP contribution in [0.1, 0.15) is 39.4 Å². The molecule has 0 saturated heterocycles. The Kier molecular flexibility index (Phi) is 6.06. The van der Waals surface area contributed by atoms with Crippen LogP contribution in [0.3, 0.4) is 0 Å². The predicted octanol–water partition coefficient (Wildman–Crippen LogP) is 3.90. The largest absolute Gasteiger partial charge is 0.444 e. The fourth-order valence-electron chi connectivity index (χ4n) is 2.82. The predicted molar refractivity (Wildman–Crippen MR) is 109 cm³/mol. The molecule has 0 aliphatic carbocycles. The first-order valence-corrected chi connectivity index (χ1v) is 9.48. The zero-order chi connectivity index (χ0) is 23.7. The second-order valence-electron chi connectivity index (χ2n) is 7.91. The molecule has 3 aromatic rings. The van der Waals surface area contributed by atoms with Crippen molar-refractivity contribution in [3.05, 3.63) is 42.4 Å². The van der Waals surface area contributed by atoms with E-state index in [1.165, 1.54) is 42.2 Å². The summed E-state index contributed by atoms with van der Waals surface area (Å²) in [5.41, 5.74) is -0.943. The van der Waals surface area contributed by atoms with E-state index in [0.29, 0.717) is 10.9 Å². The van der Waals surface area contributed by atoms with Gasteiger partial charge in [0.15, 0.2) is 11.9 Å². The normalized spacial score (nSPS) is 13.0. The highest BCUT2D eigenvalue weighted by atomic mass is 19.4. The summed E-state index contributed by atoms with van der Waals surface area (Å²) in [6, 6.07) is 3.12. The number of carbonyl (C=O) groups is 2. The van der Waals surface area contributed by atoms with Crippen LogP contribution in [0.15, 0.2) is 36.7 Å². The minimum atomic E-state index is -4.82. The van der Waals surface area contributed by atoms with Crippen molar-refractivity contribution in [3.63, 3.8) is 0 Å². The summed E-state index contributed by atoms with van der Waals surface area (Å²) in [5.74, 6) is 0.00431. The number of carbonyl (C=O) groups excluding carboxylic acids is 2. The summed E-state index contributed by atoms with van der Waals surface area (Å²) >= 11 is 0. The number of amides is 2. The highest BCUT2D eigenvalue weighted by Crippen LogP contribution is 2.32. The second-order valence-corrected chi connectivity index (χ2v) is 7.91. The smallest absolute Gasteiger partial charge is 0.414 e. The number of halogens is 3. The van der Waals surface area contributed by atoms with E-state index < -0.39 is 29.6 Å². The van der Waals surface area contributed by atoms with Gasteiger partial charge in [0.05, 0.1) is 17.4 Å². The van der Waals surface area contributed by atoms with Crippen molar-refractivity contribution in [2.24, 2.45) is 0 Å². The number of aromatic nitrogens is 4. The van der Waals surface area contributed by atoms with Crippen molar-refractivity contribution in [1.29, 1.82) is 0 Å². The van der Waals surface area contributed by atoms with Crippen molar-refractivity contribution < 1.29 is 27.5 Å². The molecule has 1 atom stereocenters. The SMILES string of the molecule is CC(=O)Nc1cc2c(cn1)cnn2-c1cccc(C(NC(=O)OC(C)(C)C)C(F)(F)F)n1. The van der Waals surface area contributed by atoms with Gasteiger partial charge in [0.1, 0.15) is 11.4 Å². The van der Waals surface area contributed by atoms with Crippen molar-refractivity contribution in [1.82, 2.24) is 25.1 Å². The number of anilines is 1. The molecule has 0 bridgehead atoms. The molecule has 1 unspecified atom stereocenters. The van der Waals surface area contributed by atoms with E-state index in [1.807, 2.05) is 5.32 Å². The number of hydrogen-bond donors (Lipinski definition) is 2. The average molecular weight is 450 g/mol. The molecule has 0 aromatic carbocycles. The zero-order valence-corrected chi connectivity index (χ0v) is 17.7. The topological polar surface area (TPSA) is 111 Å². The average Bonchev–Trinajstić information content (AvgIpc) is 3.06. The van der Waals surface area contributed by atoms with Crippen LogP contribution in [0.4, 0.5) is 23.8 Å². The Morgan fingerprint density at radius 2 is 1.88 bits per heavy atom. The Hall–Kier alpha value is -3.70. The number of rotatable bonds is 4. The zero-order valence-electron chi connectivity index (χ0n) is 17.7. The van der Waals surface area contributed by atoms with Gasteiger partial charge in [0, 0.05) is 24.6 Å². The van der Waals surface area contributed by atoms with Gasteiger partial charge in [-0.2, -0.15) is 18.3 Å². The van der Waals surface area contributed by atoms with Crippen LogP contribution in [-0.2, 0) is 9.53 Å². The third kappa shape index (κ3) is 5.50. The number of ether oxygens (including phenoxy) is 1. The summed E-state index contributed by atoms with van der Waals surface area (Å²) in [5, 5.41) is 9.12. The lowest BCUT2D eigenvalue weighted by Crippen LogP contribution is -2.41. The number of alkyl halides is 3. The fraction of sp³-hybridized carbons (Fsp3) is 0.350. The molecule has 0 radical (unpaired) electrons. The summed E-state index contributed by atoms with van der Waals surface area (Å²) in [4.78, 5) is 31.4. The lowest BCUT2D eigenvalue weighted by atomic mass is 10.1.